The molecule has 0 aliphatic rings. The Balaban J connectivity index is 2.91. The molecular formula is C16H27FN2O2. The molecule has 0 amide bonds. The minimum atomic E-state index is -0.830. The molecule has 0 spiro atoms. The van der Waals surface area contributed by atoms with E-state index < -0.39 is 5.60 Å². The zero-order valence-corrected chi connectivity index (χ0v) is 13.4. The molecule has 4 nitrogen and oxygen atoms in total. The molecule has 21 heavy (non-hydrogen) atoms. The second-order valence-corrected chi connectivity index (χ2v) is 5.73. The number of hydrogen-bond acceptors (Lipinski definition) is 4. The van der Waals surface area contributed by atoms with Crippen LogP contribution >= 0.6 is 0 Å². The number of anilines is 1. The molecule has 120 valence electrons. The number of nitrogens with one attached hydrogen (secondary N) is 1. The van der Waals surface area contributed by atoms with E-state index in [9.17, 15) is 9.50 Å². The summed E-state index contributed by atoms with van der Waals surface area (Å²) in [6, 6.07) is 5.07. The van der Waals surface area contributed by atoms with Gasteiger partial charge in [-0.25, -0.2) is 4.39 Å². The van der Waals surface area contributed by atoms with Gasteiger partial charge in [0.05, 0.1) is 12.2 Å². The van der Waals surface area contributed by atoms with Gasteiger partial charge in [0.15, 0.2) is 0 Å². The Morgan fingerprint density at radius 2 is 2.10 bits per heavy atom. The Kier molecular flexibility index (Phi) is 7.08. The molecule has 0 fully saturated rings. The molecular weight excluding hydrogens is 271 g/mol. The highest BCUT2D eigenvalue weighted by Gasteiger charge is 2.20. The van der Waals surface area contributed by atoms with Crippen LogP contribution in [0.2, 0.25) is 0 Å². The summed E-state index contributed by atoms with van der Waals surface area (Å²) >= 11 is 0. The highest BCUT2D eigenvalue weighted by Crippen LogP contribution is 2.24. The quantitative estimate of drug-likeness (QED) is 0.686. The molecule has 1 rings (SSSR count). The minimum absolute atomic E-state index is 0.230. The molecule has 0 saturated heterocycles. The van der Waals surface area contributed by atoms with Gasteiger partial charge in [-0.2, -0.15) is 0 Å². The highest BCUT2D eigenvalue weighted by molar-refractivity contribution is 5.54. The molecule has 0 bridgehead atoms. The van der Waals surface area contributed by atoms with Crippen LogP contribution in [0.5, 0.6) is 0 Å². The third-order valence-corrected chi connectivity index (χ3v) is 3.18. The Morgan fingerprint density at radius 3 is 2.67 bits per heavy atom. The van der Waals surface area contributed by atoms with Crippen LogP contribution in [0.3, 0.4) is 0 Å². The second kappa shape index (κ2) is 8.32. The summed E-state index contributed by atoms with van der Waals surface area (Å²) < 4.78 is 19.1. The van der Waals surface area contributed by atoms with Crippen LogP contribution in [0, 0.1) is 5.82 Å². The third-order valence-electron chi connectivity index (χ3n) is 3.18. The van der Waals surface area contributed by atoms with Gasteiger partial charge in [-0.3, -0.25) is 0 Å². The fourth-order valence-corrected chi connectivity index (χ4v) is 2.24. The molecule has 0 aliphatic heterocycles. The van der Waals surface area contributed by atoms with Gasteiger partial charge in [-0.05, 0) is 32.9 Å². The molecule has 0 unspecified atom stereocenters. The predicted molar refractivity (Wildman–Crippen MR) is 84.2 cm³/mol. The zero-order valence-electron chi connectivity index (χ0n) is 13.4. The number of aliphatic hydroxyl groups is 1. The summed E-state index contributed by atoms with van der Waals surface area (Å²) in [5.74, 6) is -0.230. The van der Waals surface area contributed by atoms with E-state index in [2.05, 4.69) is 5.32 Å². The predicted octanol–water partition coefficient (Wildman–Crippen LogP) is 2.16. The van der Waals surface area contributed by atoms with Gasteiger partial charge in [0.25, 0.3) is 0 Å². The summed E-state index contributed by atoms with van der Waals surface area (Å²) in [5.41, 5.74) is 0.618. The van der Waals surface area contributed by atoms with Crippen molar-refractivity contribution in [2.45, 2.75) is 32.9 Å². The van der Waals surface area contributed by atoms with E-state index in [4.69, 9.17) is 4.74 Å². The topological polar surface area (TPSA) is 44.7 Å². The minimum Gasteiger partial charge on any atom is -0.389 e. The van der Waals surface area contributed by atoms with Gasteiger partial charge >= 0.3 is 0 Å². The summed E-state index contributed by atoms with van der Waals surface area (Å²) in [4.78, 5) is 2.00. The standard InChI is InChI=1S/C16H27FN2O2/c1-5-19(12-16(2,3)20)15-8-6-7-14(17)13(15)11-18-9-10-21-4/h6-8,18,20H,5,9-12H2,1-4H3. The number of likely N-dealkylation sites (N-methyl/N-ethyl adjacent to an activating group) is 1. The van der Waals surface area contributed by atoms with Gasteiger partial charge in [-0.1, -0.05) is 6.07 Å². The van der Waals surface area contributed by atoms with Crippen molar-refractivity contribution in [3.05, 3.63) is 29.6 Å². The summed E-state index contributed by atoms with van der Waals surface area (Å²) in [6.45, 7) is 8.37. The normalized spacial score (nSPS) is 11.7. The van der Waals surface area contributed by atoms with Crippen LogP contribution in [-0.4, -0.2) is 44.1 Å². The van der Waals surface area contributed by atoms with E-state index in [0.29, 0.717) is 38.3 Å². The number of benzene rings is 1. The van der Waals surface area contributed by atoms with Gasteiger partial charge in [-0.15, -0.1) is 0 Å². The van der Waals surface area contributed by atoms with Crippen LogP contribution in [0.15, 0.2) is 18.2 Å². The van der Waals surface area contributed by atoms with Gasteiger partial charge in [0, 0.05) is 44.5 Å². The number of methoxy groups -OCH3 is 1. The fraction of sp³-hybridized carbons (Fsp3) is 0.625. The molecule has 0 heterocycles. The molecule has 0 aliphatic carbocycles. The Morgan fingerprint density at radius 1 is 1.38 bits per heavy atom. The zero-order chi connectivity index (χ0) is 15.9. The molecule has 0 aromatic heterocycles. The molecule has 0 saturated carbocycles. The summed E-state index contributed by atoms with van der Waals surface area (Å²) in [5, 5.41) is 13.2. The fourth-order valence-electron chi connectivity index (χ4n) is 2.24. The van der Waals surface area contributed by atoms with Gasteiger partial charge < -0.3 is 20.1 Å². The SMILES string of the molecule is CCN(CC(C)(C)O)c1cccc(F)c1CNCCOC. The lowest BCUT2D eigenvalue weighted by Gasteiger charge is -2.31. The van der Waals surface area contributed by atoms with E-state index in [1.165, 1.54) is 6.07 Å². The van der Waals surface area contributed by atoms with Crippen molar-refractivity contribution in [2.24, 2.45) is 0 Å². The lowest BCUT2D eigenvalue weighted by atomic mass is 10.1. The van der Waals surface area contributed by atoms with Gasteiger partial charge in [0.1, 0.15) is 5.82 Å². The average molecular weight is 298 g/mol. The maximum absolute atomic E-state index is 14.1. The van der Waals surface area contributed by atoms with Crippen LogP contribution in [0.4, 0.5) is 10.1 Å². The first-order valence-corrected chi connectivity index (χ1v) is 7.33. The molecule has 0 atom stereocenters. The van der Waals surface area contributed by atoms with Crippen molar-refractivity contribution < 1.29 is 14.2 Å². The first-order valence-electron chi connectivity index (χ1n) is 7.33. The van der Waals surface area contributed by atoms with Crippen molar-refractivity contribution in [1.29, 1.82) is 0 Å². The molecule has 0 radical (unpaired) electrons. The Hall–Kier alpha value is -1.17. The first-order chi connectivity index (χ1) is 9.89. The Labute approximate surface area is 126 Å². The van der Waals surface area contributed by atoms with E-state index in [-0.39, 0.29) is 5.82 Å². The Bertz CT molecular complexity index is 433. The number of halogens is 1. The number of hydrogen-bond donors (Lipinski definition) is 2. The van der Waals surface area contributed by atoms with Crippen molar-refractivity contribution >= 4 is 5.69 Å². The summed E-state index contributed by atoms with van der Waals surface area (Å²) in [7, 11) is 1.64. The lowest BCUT2D eigenvalue weighted by molar-refractivity contribution is 0.0875. The molecule has 1 aromatic rings. The van der Waals surface area contributed by atoms with Crippen LogP contribution < -0.4 is 10.2 Å². The maximum atomic E-state index is 14.1. The molecule has 1 aromatic carbocycles. The smallest absolute Gasteiger partial charge is 0.129 e. The summed E-state index contributed by atoms with van der Waals surface area (Å²) in [6.07, 6.45) is 0. The van der Waals surface area contributed by atoms with Crippen molar-refractivity contribution in [3.8, 4) is 0 Å². The van der Waals surface area contributed by atoms with Crippen molar-refractivity contribution in [1.82, 2.24) is 5.32 Å². The van der Waals surface area contributed by atoms with E-state index in [1.807, 2.05) is 17.9 Å². The van der Waals surface area contributed by atoms with E-state index in [1.54, 1.807) is 27.0 Å². The van der Waals surface area contributed by atoms with E-state index >= 15 is 0 Å². The third kappa shape index (κ3) is 5.99. The second-order valence-electron chi connectivity index (χ2n) is 5.73. The number of nitrogens with zero attached hydrogens (tertiary/aromatic N) is 1. The highest BCUT2D eigenvalue weighted by atomic mass is 19.1. The largest absolute Gasteiger partial charge is 0.389 e. The lowest BCUT2D eigenvalue weighted by Crippen LogP contribution is -2.39. The first kappa shape index (κ1) is 17.9. The van der Waals surface area contributed by atoms with E-state index in [0.717, 1.165) is 5.69 Å². The van der Waals surface area contributed by atoms with Crippen LogP contribution in [0.25, 0.3) is 0 Å². The van der Waals surface area contributed by atoms with Crippen molar-refractivity contribution in [2.75, 3.05) is 38.3 Å². The molecule has 2 N–H and O–H groups in total. The monoisotopic (exact) mass is 298 g/mol. The molecule has 5 heteroatoms. The number of rotatable bonds is 9. The number of ether oxygens (including phenoxy) is 1. The average Bonchev–Trinajstić information content (AvgIpc) is 2.41. The van der Waals surface area contributed by atoms with Gasteiger partial charge in [0.2, 0.25) is 0 Å². The van der Waals surface area contributed by atoms with Crippen LogP contribution in [0.1, 0.15) is 26.3 Å². The van der Waals surface area contributed by atoms with Crippen LogP contribution in [-0.2, 0) is 11.3 Å². The van der Waals surface area contributed by atoms with Crippen molar-refractivity contribution in [3.63, 3.8) is 0 Å². The maximum Gasteiger partial charge on any atom is 0.129 e.